The SMILES string of the molecule is COc1cc(NC(C(=O)N2CCc3cc(F)c(OC(F)(F)F)cc32)c2ccc(Cl)cc2OCCCC(=O)O)cc(-n2cncn2)c1. The number of alkyl halides is 3. The van der Waals surface area contributed by atoms with Gasteiger partial charge in [0.1, 0.15) is 30.2 Å². The number of anilines is 2. The summed E-state index contributed by atoms with van der Waals surface area (Å²) in [4.78, 5) is 30.6. The monoisotopic (exact) mass is 663 g/mol. The number of halogens is 5. The Morgan fingerprint density at radius 1 is 1.13 bits per heavy atom. The number of carboxylic acid groups (broad SMARTS) is 1. The fourth-order valence-electron chi connectivity index (χ4n) is 4.95. The molecule has 0 saturated carbocycles. The molecule has 1 unspecified atom stereocenters. The highest BCUT2D eigenvalue weighted by molar-refractivity contribution is 6.30. The molecule has 46 heavy (non-hydrogen) atoms. The number of hydrogen-bond acceptors (Lipinski definition) is 8. The Bertz CT molecular complexity index is 1740. The molecular weight excluding hydrogens is 638 g/mol. The third-order valence-electron chi connectivity index (χ3n) is 6.97. The summed E-state index contributed by atoms with van der Waals surface area (Å²) >= 11 is 6.26. The summed E-state index contributed by atoms with van der Waals surface area (Å²) in [6, 6.07) is 10.0. The Hall–Kier alpha value is -5.05. The van der Waals surface area contributed by atoms with Crippen LogP contribution in [0.2, 0.25) is 5.02 Å². The van der Waals surface area contributed by atoms with Gasteiger partial charge in [0.2, 0.25) is 0 Å². The van der Waals surface area contributed by atoms with Crippen molar-refractivity contribution in [2.24, 2.45) is 0 Å². The number of aliphatic carboxylic acids is 1. The van der Waals surface area contributed by atoms with Crippen LogP contribution in [0.15, 0.2) is 61.2 Å². The summed E-state index contributed by atoms with van der Waals surface area (Å²) in [7, 11) is 1.45. The number of nitrogens with zero attached hydrogens (tertiary/aromatic N) is 4. The number of carbonyl (C=O) groups excluding carboxylic acids is 1. The molecule has 4 aromatic rings. The molecule has 0 bridgehead atoms. The summed E-state index contributed by atoms with van der Waals surface area (Å²) in [5.41, 5.74) is 1.56. The third-order valence-corrected chi connectivity index (χ3v) is 7.20. The zero-order valence-electron chi connectivity index (χ0n) is 24.1. The molecule has 1 aromatic heterocycles. The largest absolute Gasteiger partial charge is 0.573 e. The number of ether oxygens (including phenoxy) is 3. The van der Waals surface area contributed by atoms with E-state index in [1.807, 2.05) is 0 Å². The molecule has 2 heterocycles. The van der Waals surface area contributed by atoms with Crippen molar-refractivity contribution in [3.05, 3.63) is 83.2 Å². The van der Waals surface area contributed by atoms with Crippen LogP contribution in [0.25, 0.3) is 5.69 Å². The van der Waals surface area contributed by atoms with Gasteiger partial charge in [0.05, 0.1) is 25.1 Å². The molecule has 1 aliphatic heterocycles. The fraction of sp³-hybridized carbons (Fsp3) is 0.267. The predicted octanol–water partition coefficient (Wildman–Crippen LogP) is 5.95. The lowest BCUT2D eigenvalue weighted by molar-refractivity contribution is -0.275. The number of carbonyl (C=O) groups is 2. The summed E-state index contributed by atoms with van der Waals surface area (Å²) in [6.45, 7) is 0.0199. The second-order valence-electron chi connectivity index (χ2n) is 10.1. The third kappa shape index (κ3) is 7.59. The number of carboxylic acids is 1. The molecule has 1 aliphatic rings. The van der Waals surface area contributed by atoms with Crippen LogP contribution in [0.3, 0.4) is 0 Å². The zero-order valence-corrected chi connectivity index (χ0v) is 24.8. The standard InChI is InChI=1S/C30H26ClF4N5O6/c1-44-21-12-19(11-20(13-21)40-16-36-15-37-40)38-28(22-5-4-18(31)10-25(22)45-8-2-3-27(41)42)29(43)39-7-6-17-9-23(32)26(14-24(17)39)46-30(33,34)35/h4-5,9-16,28,38H,2-3,6-8H2,1H3,(H,41,42). The molecule has 16 heteroatoms. The number of amides is 1. The highest BCUT2D eigenvalue weighted by Crippen LogP contribution is 2.40. The molecule has 0 aliphatic carbocycles. The van der Waals surface area contributed by atoms with Crippen molar-refractivity contribution in [3.8, 4) is 22.9 Å². The Labute approximate surface area is 264 Å². The molecule has 3 aromatic carbocycles. The first-order chi connectivity index (χ1) is 21.9. The second-order valence-corrected chi connectivity index (χ2v) is 10.5. The van der Waals surface area contributed by atoms with E-state index < -0.39 is 35.8 Å². The minimum Gasteiger partial charge on any atom is -0.497 e. The first kappa shape index (κ1) is 32.3. The topological polar surface area (TPSA) is 128 Å². The van der Waals surface area contributed by atoms with Crippen molar-refractivity contribution in [2.45, 2.75) is 31.7 Å². The van der Waals surface area contributed by atoms with E-state index in [1.54, 1.807) is 24.3 Å². The van der Waals surface area contributed by atoms with Gasteiger partial charge in [0.15, 0.2) is 11.6 Å². The Kier molecular flexibility index (Phi) is 9.51. The van der Waals surface area contributed by atoms with Crippen LogP contribution < -0.4 is 24.4 Å². The normalized spacial score (nSPS) is 13.2. The predicted molar refractivity (Wildman–Crippen MR) is 157 cm³/mol. The van der Waals surface area contributed by atoms with E-state index in [0.717, 1.165) is 12.1 Å². The van der Waals surface area contributed by atoms with Crippen molar-refractivity contribution in [1.82, 2.24) is 14.8 Å². The average Bonchev–Trinajstić information content (AvgIpc) is 3.68. The van der Waals surface area contributed by atoms with Crippen LogP contribution in [-0.4, -0.2) is 58.4 Å². The summed E-state index contributed by atoms with van der Waals surface area (Å²) < 4.78 is 70.2. The molecule has 0 fully saturated rings. The van der Waals surface area contributed by atoms with Gasteiger partial charge in [-0.3, -0.25) is 9.59 Å². The summed E-state index contributed by atoms with van der Waals surface area (Å²) in [6.07, 6.45) is -2.18. The maximum Gasteiger partial charge on any atom is 0.573 e. The molecule has 242 valence electrons. The van der Waals surface area contributed by atoms with Crippen LogP contribution in [0.4, 0.5) is 28.9 Å². The van der Waals surface area contributed by atoms with Crippen LogP contribution in [0.5, 0.6) is 17.2 Å². The van der Waals surface area contributed by atoms with Crippen LogP contribution in [0.1, 0.15) is 30.0 Å². The van der Waals surface area contributed by atoms with Gasteiger partial charge in [0.25, 0.3) is 5.91 Å². The number of rotatable bonds is 12. The van der Waals surface area contributed by atoms with Crippen molar-refractivity contribution < 1.29 is 46.5 Å². The van der Waals surface area contributed by atoms with Gasteiger partial charge < -0.3 is 29.5 Å². The van der Waals surface area contributed by atoms with Crippen LogP contribution in [0, 0.1) is 5.82 Å². The van der Waals surface area contributed by atoms with Crippen LogP contribution >= 0.6 is 11.6 Å². The van der Waals surface area contributed by atoms with Crippen molar-refractivity contribution in [3.63, 3.8) is 0 Å². The highest BCUT2D eigenvalue weighted by Gasteiger charge is 2.37. The lowest BCUT2D eigenvalue weighted by Gasteiger charge is -2.28. The van der Waals surface area contributed by atoms with Gasteiger partial charge >= 0.3 is 12.3 Å². The first-order valence-electron chi connectivity index (χ1n) is 13.8. The summed E-state index contributed by atoms with van der Waals surface area (Å²) in [5, 5.41) is 16.6. The van der Waals surface area contributed by atoms with Crippen molar-refractivity contribution in [2.75, 3.05) is 30.5 Å². The van der Waals surface area contributed by atoms with E-state index in [4.69, 9.17) is 26.2 Å². The lowest BCUT2D eigenvalue weighted by Crippen LogP contribution is -2.37. The van der Waals surface area contributed by atoms with Gasteiger partial charge in [-0.15, -0.1) is 13.2 Å². The maximum absolute atomic E-state index is 14.5. The number of hydrogen-bond donors (Lipinski definition) is 2. The van der Waals surface area contributed by atoms with E-state index in [1.165, 1.54) is 41.5 Å². The van der Waals surface area contributed by atoms with Crippen molar-refractivity contribution >= 4 is 34.9 Å². The molecule has 1 amide bonds. The minimum atomic E-state index is -5.16. The Morgan fingerprint density at radius 2 is 1.93 bits per heavy atom. The molecule has 5 rings (SSSR count). The molecule has 11 nitrogen and oxygen atoms in total. The number of aromatic nitrogens is 3. The number of nitrogens with one attached hydrogen (secondary N) is 1. The zero-order chi connectivity index (χ0) is 33.0. The number of fused-ring (bicyclic) bond motifs is 1. The Morgan fingerprint density at radius 3 is 2.63 bits per heavy atom. The molecular formula is C30H26ClF4N5O6. The van der Waals surface area contributed by atoms with Gasteiger partial charge in [-0.2, -0.15) is 5.10 Å². The molecule has 0 saturated heterocycles. The molecule has 0 spiro atoms. The van der Waals surface area contributed by atoms with E-state index in [-0.39, 0.29) is 54.4 Å². The quantitative estimate of drug-likeness (QED) is 0.140. The van der Waals surface area contributed by atoms with E-state index in [9.17, 15) is 27.2 Å². The average molecular weight is 664 g/mol. The molecule has 2 N–H and O–H groups in total. The highest BCUT2D eigenvalue weighted by atomic mass is 35.5. The van der Waals surface area contributed by atoms with Gasteiger partial charge in [-0.1, -0.05) is 17.7 Å². The molecule has 1 atom stereocenters. The minimum absolute atomic E-state index is 0.0138. The lowest BCUT2D eigenvalue weighted by atomic mass is 10.0. The molecule has 0 radical (unpaired) electrons. The number of benzene rings is 3. The van der Waals surface area contributed by atoms with Gasteiger partial charge in [-0.25, -0.2) is 14.1 Å². The second kappa shape index (κ2) is 13.5. The van der Waals surface area contributed by atoms with Crippen LogP contribution in [-0.2, 0) is 16.0 Å². The van der Waals surface area contributed by atoms with E-state index in [0.29, 0.717) is 22.7 Å². The van der Waals surface area contributed by atoms with E-state index in [2.05, 4.69) is 20.1 Å². The smallest absolute Gasteiger partial charge is 0.497 e. The fourth-order valence-corrected chi connectivity index (χ4v) is 5.11. The van der Waals surface area contributed by atoms with Gasteiger partial charge in [-0.05, 0) is 42.7 Å². The van der Waals surface area contributed by atoms with Crippen molar-refractivity contribution in [1.29, 1.82) is 0 Å². The number of methoxy groups -OCH3 is 1. The maximum atomic E-state index is 14.5. The summed E-state index contributed by atoms with van der Waals surface area (Å²) in [5.74, 6) is -3.35. The van der Waals surface area contributed by atoms with E-state index >= 15 is 0 Å². The van der Waals surface area contributed by atoms with Gasteiger partial charge in [0, 0.05) is 47.4 Å². The Balaban J connectivity index is 1.57. The first-order valence-corrected chi connectivity index (χ1v) is 14.1.